The summed E-state index contributed by atoms with van der Waals surface area (Å²) in [7, 11) is 0. The number of rotatable bonds is 5. The van der Waals surface area contributed by atoms with Crippen molar-refractivity contribution >= 4 is 17.7 Å². The first-order valence-electron chi connectivity index (χ1n) is 7.69. The molecule has 2 fully saturated rings. The molecule has 1 heterocycles. The molecule has 19 heavy (non-hydrogen) atoms. The third kappa shape index (κ3) is 3.27. The van der Waals surface area contributed by atoms with Gasteiger partial charge in [-0.25, -0.2) is 0 Å². The van der Waals surface area contributed by atoms with E-state index in [0.29, 0.717) is 16.6 Å². The van der Waals surface area contributed by atoms with Crippen LogP contribution in [0.15, 0.2) is 0 Å². The summed E-state index contributed by atoms with van der Waals surface area (Å²) in [5.41, 5.74) is 0. The summed E-state index contributed by atoms with van der Waals surface area (Å²) in [6.45, 7) is 6.01. The molecule has 0 radical (unpaired) electrons. The van der Waals surface area contributed by atoms with Crippen molar-refractivity contribution in [1.82, 2.24) is 10.2 Å². The highest BCUT2D eigenvalue weighted by molar-refractivity contribution is 8.00. The van der Waals surface area contributed by atoms with Gasteiger partial charge in [-0.2, -0.15) is 11.8 Å². The zero-order valence-electron chi connectivity index (χ0n) is 12.6. The SMILES string of the molecule is CCC(C)C1NCN(CC2(SC)CCCCC2)C1=O. The van der Waals surface area contributed by atoms with Gasteiger partial charge in [0.25, 0.3) is 0 Å². The second kappa shape index (κ2) is 6.49. The second-order valence-electron chi connectivity index (χ2n) is 6.21. The van der Waals surface area contributed by atoms with Crippen LogP contribution in [0.3, 0.4) is 0 Å². The Bertz CT molecular complexity index is 315. The first-order valence-corrected chi connectivity index (χ1v) is 8.91. The maximum Gasteiger partial charge on any atom is 0.241 e. The van der Waals surface area contributed by atoms with Gasteiger partial charge in [-0.15, -0.1) is 0 Å². The smallest absolute Gasteiger partial charge is 0.241 e. The van der Waals surface area contributed by atoms with E-state index in [9.17, 15) is 4.79 Å². The number of thioether (sulfide) groups is 1. The van der Waals surface area contributed by atoms with Crippen molar-refractivity contribution in [3.8, 4) is 0 Å². The highest BCUT2D eigenvalue weighted by Gasteiger charge is 2.40. The van der Waals surface area contributed by atoms with Crippen molar-refractivity contribution in [3.63, 3.8) is 0 Å². The van der Waals surface area contributed by atoms with Gasteiger partial charge in [0.05, 0.1) is 12.7 Å². The van der Waals surface area contributed by atoms with E-state index >= 15 is 0 Å². The average molecular weight is 284 g/mol. The molecule has 0 aromatic carbocycles. The summed E-state index contributed by atoms with van der Waals surface area (Å²) in [6.07, 6.45) is 9.83. The molecule has 3 nitrogen and oxygen atoms in total. The number of amides is 1. The van der Waals surface area contributed by atoms with E-state index in [2.05, 4.69) is 30.3 Å². The fourth-order valence-corrected chi connectivity index (χ4v) is 4.34. The molecule has 1 saturated carbocycles. The first-order chi connectivity index (χ1) is 9.12. The lowest BCUT2D eigenvalue weighted by Crippen LogP contribution is -2.44. The Balaban J connectivity index is 1.97. The summed E-state index contributed by atoms with van der Waals surface area (Å²) in [4.78, 5) is 14.6. The van der Waals surface area contributed by atoms with E-state index in [0.717, 1.165) is 19.6 Å². The van der Waals surface area contributed by atoms with E-state index < -0.39 is 0 Å². The average Bonchev–Trinajstić information content (AvgIpc) is 2.80. The van der Waals surface area contributed by atoms with Crippen molar-refractivity contribution in [2.24, 2.45) is 5.92 Å². The third-order valence-electron chi connectivity index (χ3n) is 4.97. The zero-order valence-corrected chi connectivity index (χ0v) is 13.4. The number of carbonyl (C=O) groups excluding carboxylic acids is 1. The molecule has 1 aliphatic carbocycles. The predicted octanol–water partition coefficient (Wildman–Crippen LogP) is 2.86. The van der Waals surface area contributed by atoms with Crippen LogP contribution in [0.2, 0.25) is 0 Å². The molecule has 0 bridgehead atoms. The van der Waals surface area contributed by atoms with Gasteiger partial charge in [-0.1, -0.05) is 39.5 Å². The van der Waals surface area contributed by atoms with Gasteiger partial charge in [0, 0.05) is 11.3 Å². The number of nitrogens with zero attached hydrogens (tertiary/aromatic N) is 1. The molecule has 1 N–H and O–H groups in total. The van der Waals surface area contributed by atoms with Gasteiger partial charge in [0.1, 0.15) is 0 Å². The van der Waals surface area contributed by atoms with Crippen LogP contribution < -0.4 is 5.32 Å². The molecule has 1 aliphatic heterocycles. The fraction of sp³-hybridized carbons (Fsp3) is 0.933. The van der Waals surface area contributed by atoms with Gasteiger partial charge < -0.3 is 4.90 Å². The van der Waals surface area contributed by atoms with E-state index in [-0.39, 0.29) is 6.04 Å². The number of nitrogens with one attached hydrogen (secondary N) is 1. The van der Waals surface area contributed by atoms with Crippen molar-refractivity contribution < 1.29 is 4.79 Å². The lowest BCUT2D eigenvalue weighted by Gasteiger charge is -2.38. The summed E-state index contributed by atoms with van der Waals surface area (Å²) >= 11 is 1.98. The molecule has 2 aliphatic rings. The minimum atomic E-state index is 0.0486. The van der Waals surface area contributed by atoms with Gasteiger partial charge in [0.15, 0.2) is 0 Å². The van der Waals surface area contributed by atoms with E-state index in [1.54, 1.807) is 0 Å². The van der Waals surface area contributed by atoms with Crippen molar-refractivity contribution in [3.05, 3.63) is 0 Å². The lowest BCUT2D eigenvalue weighted by atomic mass is 9.87. The Labute approximate surface area is 121 Å². The third-order valence-corrected chi connectivity index (χ3v) is 6.37. The van der Waals surface area contributed by atoms with Gasteiger partial charge in [0.2, 0.25) is 5.91 Å². The summed E-state index contributed by atoms with van der Waals surface area (Å²) in [6, 6.07) is 0.0486. The predicted molar refractivity (Wildman–Crippen MR) is 82.3 cm³/mol. The maximum atomic E-state index is 12.5. The molecular weight excluding hydrogens is 256 g/mol. The first kappa shape index (κ1) is 15.2. The van der Waals surface area contributed by atoms with Crippen LogP contribution in [-0.2, 0) is 4.79 Å². The number of hydrogen-bond donors (Lipinski definition) is 1. The fourth-order valence-electron chi connectivity index (χ4n) is 3.36. The molecule has 1 saturated heterocycles. The summed E-state index contributed by atoms with van der Waals surface area (Å²) < 4.78 is 0.319. The topological polar surface area (TPSA) is 32.3 Å². The minimum Gasteiger partial charge on any atom is -0.327 e. The zero-order chi connectivity index (χ0) is 13.9. The Hall–Kier alpha value is -0.220. The van der Waals surface area contributed by atoms with Crippen molar-refractivity contribution in [2.75, 3.05) is 19.5 Å². The molecule has 0 aromatic rings. The molecule has 2 rings (SSSR count). The minimum absolute atomic E-state index is 0.0486. The van der Waals surface area contributed by atoms with Gasteiger partial charge in [-0.3, -0.25) is 10.1 Å². The molecular formula is C15H28N2OS. The molecule has 2 atom stereocenters. The van der Waals surface area contributed by atoms with Gasteiger partial charge in [-0.05, 0) is 25.0 Å². The molecule has 4 heteroatoms. The summed E-state index contributed by atoms with van der Waals surface area (Å²) in [5.74, 6) is 0.766. The van der Waals surface area contributed by atoms with Crippen LogP contribution in [0, 0.1) is 5.92 Å². The van der Waals surface area contributed by atoms with Gasteiger partial charge >= 0.3 is 0 Å². The van der Waals surface area contributed by atoms with Crippen LogP contribution in [-0.4, -0.2) is 41.1 Å². The quantitative estimate of drug-likeness (QED) is 0.842. The highest BCUT2D eigenvalue weighted by Crippen LogP contribution is 2.39. The number of carbonyl (C=O) groups is 1. The maximum absolute atomic E-state index is 12.5. The largest absolute Gasteiger partial charge is 0.327 e. The molecule has 0 aromatic heterocycles. The van der Waals surface area contributed by atoms with E-state index in [4.69, 9.17) is 0 Å². The standard InChI is InChI=1S/C15H28N2OS/c1-4-12(2)13-14(18)17(11-16-13)10-15(19-3)8-6-5-7-9-15/h12-13,16H,4-11H2,1-3H3. The van der Waals surface area contributed by atoms with Crippen molar-refractivity contribution in [1.29, 1.82) is 0 Å². The summed E-state index contributed by atoms with van der Waals surface area (Å²) in [5, 5.41) is 3.41. The number of hydrogen-bond acceptors (Lipinski definition) is 3. The van der Waals surface area contributed by atoms with E-state index in [1.807, 2.05) is 11.8 Å². The molecule has 110 valence electrons. The molecule has 1 amide bonds. The second-order valence-corrected chi connectivity index (χ2v) is 7.48. The Morgan fingerprint density at radius 3 is 2.68 bits per heavy atom. The molecule has 0 spiro atoms. The van der Waals surface area contributed by atoms with Crippen LogP contribution >= 0.6 is 11.8 Å². The monoisotopic (exact) mass is 284 g/mol. The highest BCUT2D eigenvalue weighted by atomic mass is 32.2. The van der Waals surface area contributed by atoms with E-state index in [1.165, 1.54) is 32.1 Å². The van der Waals surface area contributed by atoms with Crippen LogP contribution in [0.5, 0.6) is 0 Å². The van der Waals surface area contributed by atoms with Crippen LogP contribution in [0.4, 0.5) is 0 Å². The Morgan fingerprint density at radius 2 is 2.11 bits per heavy atom. The van der Waals surface area contributed by atoms with Crippen LogP contribution in [0.25, 0.3) is 0 Å². The van der Waals surface area contributed by atoms with Crippen molar-refractivity contribution in [2.45, 2.75) is 63.2 Å². The normalized spacial score (nSPS) is 28.7. The Kier molecular flexibility index (Phi) is 5.18. The molecule has 2 unspecified atom stereocenters. The van der Waals surface area contributed by atoms with Crippen LogP contribution in [0.1, 0.15) is 52.4 Å². The lowest BCUT2D eigenvalue weighted by molar-refractivity contribution is -0.130. The Morgan fingerprint density at radius 1 is 1.42 bits per heavy atom.